The van der Waals surface area contributed by atoms with Crippen LogP contribution >= 0.6 is 0 Å². The number of hydrogen-bond donors (Lipinski definition) is 2. The third-order valence-electron chi connectivity index (χ3n) is 3.44. The van der Waals surface area contributed by atoms with Crippen LogP contribution in [0.3, 0.4) is 0 Å². The Morgan fingerprint density at radius 3 is 2.55 bits per heavy atom. The molecule has 116 valence electrons. The highest BCUT2D eigenvalue weighted by Gasteiger charge is 2.06. The zero-order chi connectivity index (χ0) is 15.8. The Morgan fingerprint density at radius 1 is 1.14 bits per heavy atom. The van der Waals surface area contributed by atoms with E-state index in [0.717, 1.165) is 23.4 Å². The number of ether oxygens (including phenoxy) is 1. The van der Waals surface area contributed by atoms with Crippen molar-refractivity contribution in [2.75, 3.05) is 11.9 Å². The second-order valence-corrected chi connectivity index (χ2v) is 5.01. The summed E-state index contributed by atoms with van der Waals surface area (Å²) in [7, 11) is 0. The van der Waals surface area contributed by atoms with Gasteiger partial charge in [-0.1, -0.05) is 37.3 Å². The van der Waals surface area contributed by atoms with E-state index in [9.17, 15) is 4.79 Å². The van der Waals surface area contributed by atoms with Gasteiger partial charge in [0.15, 0.2) is 0 Å². The van der Waals surface area contributed by atoms with Gasteiger partial charge in [-0.15, -0.1) is 0 Å². The molecule has 0 fully saturated rings. The van der Waals surface area contributed by atoms with Crippen molar-refractivity contribution in [2.24, 2.45) is 5.73 Å². The molecule has 2 aromatic rings. The highest BCUT2D eigenvalue weighted by molar-refractivity contribution is 5.91. The molecule has 0 heterocycles. The maximum absolute atomic E-state index is 11.9. The van der Waals surface area contributed by atoms with Gasteiger partial charge in [0.1, 0.15) is 5.75 Å². The molecule has 0 aromatic heterocycles. The molecule has 0 spiro atoms. The summed E-state index contributed by atoms with van der Waals surface area (Å²) >= 11 is 0. The zero-order valence-electron chi connectivity index (χ0n) is 12.8. The lowest BCUT2D eigenvalue weighted by atomic mass is 10.1. The second kappa shape index (κ2) is 8.20. The molecule has 0 aliphatic heterocycles. The minimum Gasteiger partial charge on any atom is -0.493 e. The molecular formula is C18H22N2O2. The first kappa shape index (κ1) is 16.0. The molecule has 22 heavy (non-hydrogen) atoms. The number of nitrogens with two attached hydrogens (primary N) is 1. The van der Waals surface area contributed by atoms with Gasteiger partial charge in [-0.2, -0.15) is 0 Å². The van der Waals surface area contributed by atoms with Crippen LogP contribution in [0.4, 0.5) is 5.69 Å². The first-order chi connectivity index (χ1) is 10.7. The monoisotopic (exact) mass is 298 g/mol. The minimum atomic E-state index is -0.0777. The van der Waals surface area contributed by atoms with Gasteiger partial charge in [-0.05, 0) is 35.7 Å². The van der Waals surface area contributed by atoms with Crippen molar-refractivity contribution in [1.29, 1.82) is 0 Å². The molecule has 2 aromatic carbocycles. The van der Waals surface area contributed by atoms with Crippen molar-refractivity contribution in [3.05, 3.63) is 59.7 Å². The Kier molecular flexibility index (Phi) is 5.98. The molecule has 0 aliphatic carbocycles. The van der Waals surface area contributed by atoms with Gasteiger partial charge in [0.05, 0.1) is 13.0 Å². The molecule has 0 bridgehead atoms. The van der Waals surface area contributed by atoms with E-state index >= 15 is 0 Å². The average Bonchev–Trinajstić information content (AvgIpc) is 2.56. The van der Waals surface area contributed by atoms with Crippen LogP contribution in [0.15, 0.2) is 48.5 Å². The predicted octanol–water partition coefficient (Wildman–Crippen LogP) is 3.12. The molecule has 0 saturated carbocycles. The van der Waals surface area contributed by atoms with Gasteiger partial charge in [0.2, 0.25) is 5.91 Å². The number of hydrogen-bond acceptors (Lipinski definition) is 3. The number of nitrogens with one attached hydrogen (secondary N) is 1. The number of anilines is 1. The summed E-state index contributed by atoms with van der Waals surface area (Å²) in [4.78, 5) is 11.9. The van der Waals surface area contributed by atoms with Crippen molar-refractivity contribution in [1.82, 2.24) is 0 Å². The van der Waals surface area contributed by atoms with Gasteiger partial charge in [0, 0.05) is 12.2 Å². The highest BCUT2D eigenvalue weighted by Crippen LogP contribution is 2.15. The van der Waals surface area contributed by atoms with Crippen LogP contribution in [-0.2, 0) is 17.8 Å². The van der Waals surface area contributed by atoms with Crippen LogP contribution in [0.1, 0.15) is 24.5 Å². The Morgan fingerprint density at radius 2 is 1.86 bits per heavy atom. The number of rotatable bonds is 7. The summed E-state index contributed by atoms with van der Waals surface area (Å²) in [6.45, 7) is 2.86. The number of carbonyl (C=O) groups excluding carboxylic acids is 1. The van der Waals surface area contributed by atoms with Gasteiger partial charge < -0.3 is 15.8 Å². The average molecular weight is 298 g/mol. The quantitative estimate of drug-likeness (QED) is 0.825. The molecule has 2 rings (SSSR count). The lowest BCUT2D eigenvalue weighted by molar-refractivity contribution is -0.116. The molecule has 1 amide bonds. The van der Waals surface area contributed by atoms with E-state index in [1.165, 1.54) is 5.56 Å². The van der Waals surface area contributed by atoms with Crippen molar-refractivity contribution < 1.29 is 9.53 Å². The fourth-order valence-electron chi connectivity index (χ4n) is 2.12. The topological polar surface area (TPSA) is 64.3 Å². The highest BCUT2D eigenvalue weighted by atomic mass is 16.5. The number of amides is 1. The maximum Gasteiger partial charge on any atom is 0.227 e. The summed E-state index contributed by atoms with van der Waals surface area (Å²) in [6.07, 6.45) is 1.30. The fourth-order valence-corrected chi connectivity index (χ4v) is 2.12. The molecular weight excluding hydrogens is 276 g/mol. The molecule has 0 saturated heterocycles. The lowest BCUT2D eigenvalue weighted by Gasteiger charge is -2.10. The maximum atomic E-state index is 11.9. The first-order valence-electron chi connectivity index (χ1n) is 7.52. The number of carbonyl (C=O) groups is 1. The molecule has 0 aliphatic rings. The van der Waals surface area contributed by atoms with E-state index in [4.69, 9.17) is 10.5 Å². The third kappa shape index (κ3) is 4.60. The van der Waals surface area contributed by atoms with Gasteiger partial charge in [-0.25, -0.2) is 0 Å². The summed E-state index contributed by atoms with van der Waals surface area (Å²) in [5.41, 5.74) is 8.61. The summed E-state index contributed by atoms with van der Waals surface area (Å²) in [5.74, 6) is 0.707. The predicted molar refractivity (Wildman–Crippen MR) is 88.9 cm³/mol. The van der Waals surface area contributed by atoms with Crippen molar-refractivity contribution in [3.8, 4) is 5.75 Å². The molecule has 4 nitrogen and oxygen atoms in total. The van der Waals surface area contributed by atoms with Crippen molar-refractivity contribution in [3.63, 3.8) is 0 Å². The largest absolute Gasteiger partial charge is 0.493 e. The molecule has 0 unspecified atom stereocenters. The Hall–Kier alpha value is -2.33. The summed E-state index contributed by atoms with van der Waals surface area (Å²) in [6, 6.07) is 15.5. The standard InChI is InChI=1S/C18H22N2O2/c1-2-14-7-9-16(10-8-14)22-12-11-18(21)20-17-6-4-3-5-15(17)13-19/h3-10H,2,11-13,19H2,1H3,(H,20,21). The van der Waals surface area contributed by atoms with Crippen LogP contribution in [0.5, 0.6) is 5.75 Å². The van der Waals surface area contributed by atoms with Crippen LogP contribution in [0, 0.1) is 0 Å². The molecule has 0 atom stereocenters. The van der Waals surface area contributed by atoms with E-state index in [-0.39, 0.29) is 5.91 Å². The summed E-state index contributed by atoms with van der Waals surface area (Å²) < 4.78 is 5.58. The van der Waals surface area contributed by atoms with Crippen LogP contribution in [0.2, 0.25) is 0 Å². The van der Waals surface area contributed by atoms with Crippen molar-refractivity contribution in [2.45, 2.75) is 26.3 Å². The zero-order valence-corrected chi connectivity index (χ0v) is 12.8. The van der Waals surface area contributed by atoms with Crippen molar-refractivity contribution >= 4 is 11.6 Å². The van der Waals surface area contributed by atoms with Gasteiger partial charge >= 0.3 is 0 Å². The van der Waals surface area contributed by atoms with E-state index in [0.29, 0.717) is 19.6 Å². The summed E-state index contributed by atoms with van der Waals surface area (Å²) in [5, 5.41) is 2.87. The van der Waals surface area contributed by atoms with E-state index in [1.54, 1.807) is 0 Å². The normalized spacial score (nSPS) is 10.3. The van der Waals surface area contributed by atoms with E-state index in [1.807, 2.05) is 48.5 Å². The molecule has 0 radical (unpaired) electrons. The van der Waals surface area contributed by atoms with E-state index in [2.05, 4.69) is 12.2 Å². The molecule has 3 N–H and O–H groups in total. The number of aryl methyl sites for hydroxylation is 1. The number of para-hydroxylation sites is 1. The van der Waals surface area contributed by atoms with Crippen LogP contribution in [-0.4, -0.2) is 12.5 Å². The molecule has 4 heteroatoms. The number of benzene rings is 2. The Bertz CT molecular complexity index is 609. The smallest absolute Gasteiger partial charge is 0.227 e. The SMILES string of the molecule is CCc1ccc(OCCC(=O)Nc2ccccc2CN)cc1. The third-order valence-corrected chi connectivity index (χ3v) is 3.44. The lowest BCUT2D eigenvalue weighted by Crippen LogP contribution is -2.16. The Balaban J connectivity index is 1.80. The minimum absolute atomic E-state index is 0.0777. The van der Waals surface area contributed by atoms with Gasteiger partial charge in [-0.3, -0.25) is 4.79 Å². The first-order valence-corrected chi connectivity index (χ1v) is 7.52. The van der Waals surface area contributed by atoms with E-state index < -0.39 is 0 Å². The Labute approximate surface area is 131 Å². The van der Waals surface area contributed by atoms with Crippen LogP contribution in [0.25, 0.3) is 0 Å². The second-order valence-electron chi connectivity index (χ2n) is 5.01. The van der Waals surface area contributed by atoms with Crippen LogP contribution < -0.4 is 15.8 Å². The van der Waals surface area contributed by atoms with Gasteiger partial charge in [0.25, 0.3) is 0 Å². The fraction of sp³-hybridized carbons (Fsp3) is 0.278.